The van der Waals surface area contributed by atoms with E-state index in [9.17, 15) is 4.79 Å². The van der Waals surface area contributed by atoms with Gasteiger partial charge in [0.25, 0.3) is 0 Å². The number of aromatic nitrogens is 4. The minimum absolute atomic E-state index is 0.0487. The molecule has 1 amide bonds. The van der Waals surface area contributed by atoms with Crippen LogP contribution in [0.4, 0.5) is 0 Å². The first kappa shape index (κ1) is 15.9. The first-order valence-corrected chi connectivity index (χ1v) is 7.79. The van der Waals surface area contributed by atoms with Gasteiger partial charge in [-0.3, -0.25) is 14.9 Å². The molecule has 3 rings (SSSR count). The zero-order valence-corrected chi connectivity index (χ0v) is 13.7. The lowest BCUT2D eigenvalue weighted by atomic mass is 10.1. The van der Waals surface area contributed by atoms with E-state index in [4.69, 9.17) is 0 Å². The van der Waals surface area contributed by atoms with Crippen LogP contribution in [-0.2, 0) is 11.2 Å². The molecule has 0 fully saturated rings. The Kier molecular flexibility index (Phi) is 4.65. The number of nitrogens with one attached hydrogen (secondary N) is 2. The number of rotatable bonds is 5. The van der Waals surface area contributed by atoms with Crippen LogP contribution >= 0.6 is 0 Å². The maximum Gasteiger partial charge on any atom is 0.224 e. The fraction of sp³-hybridized carbons (Fsp3) is 0.222. The summed E-state index contributed by atoms with van der Waals surface area (Å²) in [5.74, 6) is 1.14. The van der Waals surface area contributed by atoms with Crippen LogP contribution in [0.2, 0.25) is 0 Å². The average Bonchev–Trinajstić information content (AvgIpc) is 3.05. The van der Waals surface area contributed by atoms with Crippen LogP contribution < -0.4 is 5.32 Å². The molecule has 1 unspecified atom stereocenters. The summed E-state index contributed by atoms with van der Waals surface area (Å²) in [6.45, 7) is 3.89. The van der Waals surface area contributed by atoms with E-state index < -0.39 is 0 Å². The lowest BCUT2D eigenvalue weighted by molar-refractivity contribution is -0.121. The number of amides is 1. The molecule has 0 spiro atoms. The zero-order chi connectivity index (χ0) is 16.9. The van der Waals surface area contributed by atoms with Crippen LogP contribution in [0.1, 0.15) is 29.9 Å². The van der Waals surface area contributed by atoms with Crippen LogP contribution in [0.15, 0.2) is 48.8 Å². The maximum absolute atomic E-state index is 12.2. The summed E-state index contributed by atoms with van der Waals surface area (Å²) in [6.07, 6.45) is 3.74. The molecule has 122 valence electrons. The third-order valence-electron chi connectivity index (χ3n) is 3.66. The Bertz CT molecular complexity index is 828. The van der Waals surface area contributed by atoms with Crippen LogP contribution in [0.25, 0.3) is 11.4 Å². The Hall–Kier alpha value is -3.02. The van der Waals surface area contributed by atoms with Crippen molar-refractivity contribution in [1.82, 2.24) is 25.5 Å². The number of H-pyrrole nitrogens is 1. The number of benzene rings is 1. The summed E-state index contributed by atoms with van der Waals surface area (Å²) in [6, 6.07) is 11.4. The number of carbonyl (C=O) groups excluding carboxylic acids is 1. The second-order valence-electron chi connectivity index (χ2n) is 5.74. The van der Waals surface area contributed by atoms with Crippen molar-refractivity contribution >= 4 is 5.91 Å². The minimum Gasteiger partial charge on any atom is -0.346 e. The SMILES string of the molecule is Cc1cccc(CC(=O)NC(C)c2nc(-c3cccnc3)n[nH]2)c1. The molecule has 0 saturated carbocycles. The molecular formula is C18H19N5O. The normalized spacial score (nSPS) is 11.9. The molecule has 0 saturated heterocycles. The third kappa shape index (κ3) is 3.84. The quantitative estimate of drug-likeness (QED) is 0.756. The summed E-state index contributed by atoms with van der Waals surface area (Å²) in [4.78, 5) is 20.7. The second kappa shape index (κ2) is 7.04. The van der Waals surface area contributed by atoms with E-state index in [1.54, 1.807) is 12.4 Å². The van der Waals surface area contributed by atoms with Crippen molar-refractivity contribution in [3.8, 4) is 11.4 Å². The Morgan fingerprint density at radius 3 is 2.92 bits per heavy atom. The number of nitrogens with zero attached hydrogens (tertiary/aromatic N) is 3. The van der Waals surface area contributed by atoms with Crippen molar-refractivity contribution in [2.24, 2.45) is 0 Å². The van der Waals surface area contributed by atoms with Crippen LogP contribution in [0.3, 0.4) is 0 Å². The molecule has 2 heterocycles. The lowest BCUT2D eigenvalue weighted by Crippen LogP contribution is -2.28. The first-order chi connectivity index (χ1) is 11.6. The molecule has 0 bridgehead atoms. The number of hydrogen-bond acceptors (Lipinski definition) is 4. The fourth-order valence-corrected chi connectivity index (χ4v) is 2.46. The van der Waals surface area contributed by atoms with Gasteiger partial charge in [-0.15, -0.1) is 0 Å². The molecule has 3 aromatic rings. The Morgan fingerprint density at radius 1 is 1.29 bits per heavy atom. The van der Waals surface area contributed by atoms with Crippen molar-refractivity contribution < 1.29 is 4.79 Å². The van der Waals surface area contributed by atoms with Gasteiger partial charge < -0.3 is 5.32 Å². The smallest absolute Gasteiger partial charge is 0.224 e. The molecule has 2 N–H and O–H groups in total. The lowest BCUT2D eigenvalue weighted by Gasteiger charge is -2.11. The predicted molar refractivity (Wildman–Crippen MR) is 91.1 cm³/mol. The summed E-state index contributed by atoms with van der Waals surface area (Å²) in [7, 11) is 0. The summed E-state index contributed by atoms with van der Waals surface area (Å²) in [5.41, 5.74) is 2.97. The van der Waals surface area contributed by atoms with Gasteiger partial charge in [-0.05, 0) is 31.5 Å². The predicted octanol–water partition coefficient (Wildman–Crippen LogP) is 2.60. The standard InChI is InChI=1S/C18H19N5O/c1-12-5-3-6-14(9-12)10-16(24)20-13(2)17-21-18(23-22-17)15-7-4-8-19-11-15/h3-9,11,13H,10H2,1-2H3,(H,20,24)(H,21,22,23). The molecule has 2 aromatic heterocycles. The van der Waals surface area contributed by atoms with Gasteiger partial charge in [0.1, 0.15) is 5.82 Å². The second-order valence-corrected chi connectivity index (χ2v) is 5.74. The Morgan fingerprint density at radius 2 is 2.17 bits per heavy atom. The van der Waals surface area contributed by atoms with Gasteiger partial charge in [0.2, 0.25) is 5.91 Å². The molecule has 24 heavy (non-hydrogen) atoms. The van der Waals surface area contributed by atoms with Crippen molar-refractivity contribution in [2.45, 2.75) is 26.3 Å². The van der Waals surface area contributed by atoms with Gasteiger partial charge in [-0.1, -0.05) is 29.8 Å². The van der Waals surface area contributed by atoms with E-state index in [1.165, 1.54) is 0 Å². The van der Waals surface area contributed by atoms with E-state index in [2.05, 4.69) is 25.5 Å². The molecule has 0 aliphatic rings. The van der Waals surface area contributed by atoms with Crippen molar-refractivity contribution in [3.63, 3.8) is 0 Å². The molecule has 0 aliphatic carbocycles. The van der Waals surface area contributed by atoms with E-state index in [0.717, 1.165) is 16.7 Å². The van der Waals surface area contributed by atoms with Gasteiger partial charge in [-0.25, -0.2) is 4.98 Å². The molecule has 6 heteroatoms. The molecule has 6 nitrogen and oxygen atoms in total. The van der Waals surface area contributed by atoms with Crippen molar-refractivity contribution in [2.75, 3.05) is 0 Å². The minimum atomic E-state index is -0.250. The molecule has 0 radical (unpaired) electrons. The molecule has 1 atom stereocenters. The van der Waals surface area contributed by atoms with Gasteiger partial charge in [0.15, 0.2) is 5.82 Å². The van der Waals surface area contributed by atoms with Crippen LogP contribution in [0, 0.1) is 6.92 Å². The Labute approximate surface area is 140 Å². The number of hydrogen-bond donors (Lipinski definition) is 2. The van der Waals surface area contributed by atoms with Crippen LogP contribution in [0.5, 0.6) is 0 Å². The highest BCUT2D eigenvalue weighted by Crippen LogP contribution is 2.15. The van der Waals surface area contributed by atoms with Crippen LogP contribution in [-0.4, -0.2) is 26.1 Å². The fourth-order valence-electron chi connectivity index (χ4n) is 2.46. The topological polar surface area (TPSA) is 83.6 Å². The summed E-state index contributed by atoms with van der Waals surface area (Å²) in [5, 5.41) is 10.0. The zero-order valence-electron chi connectivity index (χ0n) is 13.7. The number of carbonyl (C=O) groups is 1. The highest BCUT2D eigenvalue weighted by atomic mass is 16.1. The van der Waals surface area contributed by atoms with E-state index in [1.807, 2.05) is 50.2 Å². The number of aryl methyl sites for hydroxylation is 1. The largest absolute Gasteiger partial charge is 0.346 e. The third-order valence-corrected chi connectivity index (χ3v) is 3.66. The van der Waals surface area contributed by atoms with E-state index in [-0.39, 0.29) is 11.9 Å². The van der Waals surface area contributed by atoms with Gasteiger partial charge in [0, 0.05) is 18.0 Å². The van der Waals surface area contributed by atoms with Crippen molar-refractivity contribution in [3.05, 3.63) is 65.7 Å². The monoisotopic (exact) mass is 321 g/mol. The summed E-state index contributed by atoms with van der Waals surface area (Å²) < 4.78 is 0. The van der Waals surface area contributed by atoms with E-state index in [0.29, 0.717) is 18.1 Å². The number of pyridine rings is 1. The number of aromatic amines is 1. The van der Waals surface area contributed by atoms with Gasteiger partial charge in [0.05, 0.1) is 12.5 Å². The highest BCUT2D eigenvalue weighted by Gasteiger charge is 2.15. The van der Waals surface area contributed by atoms with Gasteiger partial charge in [-0.2, -0.15) is 5.10 Å². The highest BCUT2D eigenvalue weighted by molar-refractivity contribution is 5.78. The van der Waals surface area contributed by atoms with Gasteiger partial charge >= 0.3 is 0 Å². The average molecular weight is 321 g/mol. The Balaban J connectivity index is 1.63. The van der Waals surface area contributed by atoms with Crippen molar-refractivity contribution in [1.29, 1.82) is 0 Å². The molecular weight excluding hydrogens is 302 g/mol. The molecule has 1 aromatic carbocycles. The van der Waals surface area contributed by atoms with E-state index >= 15 is 0 Å². The molecule has 0 aliphatic heterocycles. The maximum atomic E-state index is 12.2. The first-order valence-electron chi connectivity index (χ1n) is 7.79. The summed E-state index contributed by atoms with van der Waals surface area (Å²) >= 11 is 0.